The van der Waals surface area contributed by atoms with Gasteiger partial charge in [-0.2, -0.15) is 0 Å². The van der Waals surface area contributed by atoms with Crippen LogP contribution < -0.4 is 4.90 Å². The van der Waals surface area contributed by atoms with Gasteiger partial charge in [-0.05, 0) is 6.07 Å². The van der Waals surface area contributed by atoms with Crippen LogP contribution in [0.2, 0.25) is 0 Å². The fraction of sp³-hybridized carbons (Fsp3) is 0.400. The zero-order chi connectivity index (χ0) is 12.8. The van der Waals surface area contributed by atoms with Crippen molar-refractivity contribution in [2.75, 3.05) is 25.1 Å². The molecule has 0 amide bonds. The maximum atomic E-state index is 10.8. The number of hydrogen-bond donors (Lipinski definition) is 0. The Morgan fingerprint density at radius 1 is 1.65 bits per heavy atom. The highest BCUT2D eigenvalue weighted by Crippen LogP contribution is 2.23. The molecule has 0 saturated carbocycles. The van der Waals surface area contributed by atoms with Crippen LogP contribution in [0.25, 0.3) is 0 Å². The summed E-state index contributed by atoms with van der Waals surface area (Å²) in [5.41, 5.74) is -0.0715. The summed E-state index contributed by atoms with van der Waals surface area (Å²) in [6, 6.07) is 2.88. The van der Waals surface area contributed by atoms with E-state index < -0.39 is 4.92 Å². The van der Waals surface area contributed by atoms with E-state index in [-0.39, 0.29) is 24.1 Å². The lowest BCUT2D eigenvalue weighted by molar-refractivity contribution is -0.384. The second-order valence-corrected chi connectivity index (χ2v) is 3.36. The molecule has 0 N–H and O–H groups in total. The molecular formula is C10H13N3O4. The second-order valence-electron chi connectivity index (χ2n) is 3.36. The van der Waals surface area contributed by atoms with E-state index in [1.165, 1.54) is 25.3 Å². The number of carbonyl (C=O) groups is 1. The number of nitro groups is 1. The molecule has 0 fully saturated rings. The second kappa shape index (κ2) is 5.78. The van der Waals surface area contributed by atoms with Crippen LogP contribution in [0.3, 0.4) is 0 Å². The SMILES string of the molecule is CC(=O)OCCN(C)c1ncccc1[N+](=O)[O-]. The topological polar surface area (TPSA) is 85.6 Å². The van der Waals surface area contributed by atoms with Gasteiger partial charge < -0.3 is 9.64 Å². The van der Waals surface area contributed by atoms with Gasteiger partial charge in [0.25, 0.3) is 0 Å². The van der Waals surface area contributed by atoms with Crippen molar-refractivity contribution in [3.05, 3.63) is 28.4 Å². The number of hydrogen-bond acceptors (Lipinski definition) is 6. The van der Waals surface area contributed by atoms with E-state index in [4.69, 9.17) is 4.74 Å². The number of nitrogens with zero attached hydrogens (tertiary/aromatic N) is 3. The highest BCUT2D eigenvalue weighted by atomic mass is 16.6. The van der Waals surface area contributed by atoms with Gasteiger partial charge in [-0.15, -0.1) is 0 Å². The summed E-state index contributed by atoms with van der Waals surface area (Å²) in [5.74, 6) is -0.126. The number of anilines is 1. The van der Waals surface area contributed by atoms with Crippen molar-refractivity contribution in [2.45, 2.75) is 6.92 Å². The van der Waals surface area contributed by atoms with Gasteiger partial charge in [0, 0.05) is 26.2 Å². The third kappa shape index (κ3) is 3.71. The predicted octanol–water partition coefficient (Wildman–Crippen LogP) is 0.989. The van der Waals surface area contributed by atoms with E-state index >= 15 is 0 Å². The molecule has 0 aliphatic rings. The van der Waals surface area contributed by atoms with Gasteiger partial charge in [0.2, 0.25) is 5.82 Å². The van der Waals surface area contributed by atoms with Gasteiger partial charge in [0.05, 0.1) is 11.5 Å². The van der Waals surface area contributed by atoms with E-state index in [0.717, 1.165) is 0 Å². The molecule has 0 atom stereocenters. The van der Waals surface area contributed by atoms with Crippen LogP contribution in [0.1, 0.15) is 6.92 Å². The molecule has 0 aliphatic heterocycles. The summed E-state index contributed by atoms with van der Waals surface area (Å²) < 4.78 is 4.76. The van der Waals surface area contributed by atoms with Gasteiger partial charge in [-0.3, -0.25) is 14.9 Å². The lowest BCUT2D eigenvalue weighted by Crippen LogP contribution is -2.25. The van der Waals surface area contributed by atoms with Crippen LogP contribution in [-0.4, -0.2) is 36.1 Å². The average Bonchev–Trinajstić information content (AvgIpc) is 2.28. The van der Waals surface area contributed by atoms with Gasteiger partial charge >= 0.3 is 11.7 Å². The smallest absolute Gasteiger partial charge is 0.311 e. The minimum Gasteiger partial charge on any atom is -0.464 e. The normalized spacial score (nSPS) is 9.76. The molecule has 17 heavy (non-hydrogen) atoms. The number of ether oxygens (including phenoxy) is 1. The molecule has 0 aliphatic carbocycles. The van der Waals surface area contributed by atoms with E-state index in [9.17, 15) is 14.9 Å². The monoisotopic (exact) mass is 239 g/mol. The molecule has 0 aromatic carbocycles. The minimum absolute atomic E-state index is 0.0715. The Bertz CT molecular complexity index is 422. The van der Waals surface area contributed by atoms with Gasteiger partial charge in [-0.25, -0.2) is 4.98 Å². The zero-order valence-electron chi connectivity index (χ0n) is 9.62. The molecule has 7 nitrogen and oxygen atoms in total. The Labute approximate surface area is 98.2 Å². The molecule has 1 rings (SSSR count). The van der Waals surface area contributed by atoms with Crippen molar-refractivity contribution < 1.29 is 14.5 Å². The van der Waals surface area contributed by atoms with Crippen LogP contribution in [-0.2, 0) is 9.53 Å². The number of carbonyl (C=O) groups excluding carboxylic acids is 1. The van der Waals surface area contributed by atoms with Crippen molar-refractivity contribution in [3.63, 3.8) is 0 Å². The molecule has 1 aromatic rings. The summed E-state index contributed by atoms with van der Waals surface area (Å²) >= 11 is 0. The van der Waals surface area contributed by atoms with E-state index in [0.29, 0.717) is 6.54 Å². The van der Waals surface area contributed by atoms with Crippen LogP contribution >= 0.6 is 0 Å². The van der Waals surface area contributed by atoms with Crippen LogP contribution in [0.4, 0.5) is 11.5 Å². The molecule has 0 unspecified atom stereocenters. The Morgan fingerprint density at radius 3 is 2.94 bits per heavy atom. The Balaban J connectivity index is 2.71. The molecule has 1 aromatic heterocycles. The zero-order valence-corrected chi connectivity index (χ0v) is 9.62. The first kappa shape index (κ1) is 12.9. The van der Waals surface area contributed by atoms with E-state index in [2.05, 4.69) is 4.98 Å². The maximum Gasteiger partial charge on any atom is 0.311 e. The van der Waals surface area contributed by atoms with Gasteiger partial charge in [0.1, 0.15) is 6.61 Å². The molecule has 0 spiro atoms. The summed E-state index contributed by atoms with van der Waals surface area (Å²) in [5, 5.41) is 10.8. The Hall–Kier alpha value is -2.18. The van der Waals surface area contributed by atoms with Crippen LogP contribution in [0.5, 0.6) is 0 Å². The molecule has 92 valence electrons. The number of rotatable bonds is 5. The van der Waals surface area contributed by atoms with Crippen molar-refractivity contribution in [1.82, 2.24) is 4.98 Å². The molecular weight excluding hydrogens is 226 g/mol. The fourth-order valence-corrected chi connectivity index (χ4v) is 1.26. The maximum absolute atomic E-state index is 10.8. The number of likely N-dealkylation sites (N-methyl/N-ethyl adjacent to an activating group) is 1. The molecule has 1 heterocycles. The third-order valence-corrected chi connectivity index (χ3v) is 2.06. The van der Waals surface area contributed by atoms with E-state index in [1.807, 2.05) is 0 Å². The summed E-state index contributed by atoms with van der Waals surface area (Å²) in [6.07, 6.45) is 1.48. The summed E-state index contributed by atoms with van der Waals surface area (Å²) in [7, 11) is 1.65. The van der Waals surface area contributed by atoms with Gasteiger partial charge in [-0.1, -0.05) is 0 Å². The number of pyridine rings is 1. The fourth-order valence-electron chi connectivity index (χ4n) is 1.26. The van der Waals surface area contributed by atoms with Crippen molar-refractivity contribution in [3.8, 4) is 0 Å². The summed E-state index contributed by atoms with van der Waals surface area (Å²) in [6.45, 7) is 1.82. The first-order chi connectivity index (χ1) is 8.02. The first-order valence-corrected chi connectivity index (χ1v) is 4.96. The van der Waals surface area contributed by atoms with E-state index in [1.54, 1.807) is 11.9 Å². The minimum atomic E-state index is -0.495. The quantitative estimate of drug-likeness (QED) is 0.432. The molecule has 0 radical (unpaired) electrons. The van der Waals surface area contributed by atoms with Crippen LogP contribution in [0, 0.1) is 10.1 Å². The molecule has 7 heteroatoms. The lowest BCUT2D eigenvalue weighted by atomic mass is 10.3. The standard InChI is InChI=1S/C10H13N3O4/c1-8(14)17-7-6-12(2)10-9(13(15)16)4-3-5-11-10/h3-5H,6-7H2,1-2H3. The number of esters is 1. The Morgan fingerprint density at radius 2 is 2.35 bits per heavy atom. The highest BCUT2D eigenvalue weighted by molar-refractivity contribution is 5.66. The van der Waals surface area contributed by atoms with Crippen molar-refractivity contribution in [2.24, 2.45) is 0 Å². The average molecular weight is 239 g/mol. The highest BCUT2D eigenvalue weighted by Gasteiger charge is 2.17. The lowest BCUT2D eigenvalue weighted by Gasteiger charge is -2.17. The third-order valence-electron chi connectivity index (χ3n) is 2.06. The van der Waals surface area contributed by atoms with Crippen molar-refractivity contribution >= 4 is 17.5 Å². The summed E-state index contributed by atoms with van der Waals surface area (Å²) in [4.78, 5) is 26.4. The molecule has 0 bridgehead atoms. The van der Waals surface area contributed by atoms with Crippen LogP contribution in [0.15, 0.2) is 18.3 Å². The molecule has 0 saturated heterocycles. The van der Waals surface area contributed by atoms with Gasteiger partial charge in [0.15, 0.2) is 0 Å². The number of aromatic nitrogens is 1. The predicted molar refractivity (Wildman–Crippen MR) is 60.8 cm³/mol. The first-order valence-electron chi connectivity index (χ1n) is 4.96. The largest absolute Gasteiger partial charge is 0.464 e. The van der Waals surface area contributed by atoms with Crippen molar-refractivity contribution in [1.29, 1.82) is 0 Å². The Kier molecular flexibility index (Phi) is 4.38.